The van der Waals surface area contributed by atoms with Gasteiger partial charge in [-0.1, -0.05) is 47.5 Å². The molecule has 0 radical (unpaired) electrons. The van der Waals surface area contributed by atoms with Gasteiger partial charge in [-0.15, -0.1) is 0 Å². The van der Waals surface area contributed by atoms with Crippen LogP contribution in [0.3, 0.4) is 0 Å². The molecule has 2 aromatic carbocycles. The number of rotatable bonds is 5. The Kier molecular flexibility index (Phi) is 7.02. The van der Waals surface area contributed by atoms with Crippen molar-refractivity contribution in [1.29, 1.82) is 0 Å². The summed E-state index contributed by atoms with van der Waals surface area (Å²) in [6, 6.07) is 13.0. The number of carboxylic acid groups (broad SMARTS) is 1. The Morgan fingerprint density at radius 1 is 1.17 bits per heavy atom. The van der Waals surface area contributed by atoms with Crippen LogP contribution in [0.5, 0.6) is 0 Å². The molecule has 10 heteroatoms. The first-order valence-corrected chi connectivity index (χ1v) is 11.1. The Morgan fingerprint density at radius 3 is 2.55 bits per heavy atom. The summed E-state index contributed by atoms with van der Waals surface area (Å²) in [5.41, 5.74) is 0.719. The molecule has 1 aliphatic rings. The first kappa shape index (κ1) is 21.9. The second-order valence-electron chi connectivity index (χ2n) is 6.58. The number of ether oxygens (including phenoxy) is 1. The second-order valence-corrected chi connectivity index (χ2v) is 9.16. The topological polar surface area (TPSA) is 95.9 Å². The third kappa shape index (κ3) is 5.40. The van der Waals surface area contributed by atoms with Crippen LogP contribution in [-0.2, 0) is 14.8 Å². The number of benzene rings is 2. The van der Waals surface area contributed by atoms with Crippen molar-refractivity contribution >= 4 is 39.3 Å². The molecule has 29 heavy (non-hydrogen) atoms. The number of sulfonamides is 1. The van der Waals surface area contributed by atoms with Crippen LogP contribution in [0.1, 0.15) is 11.5 Å². The van der Waals surface area contributed by atoms with Crippen molar-refractivity contribution in [2.45, 2.75) is 16.9 Å². The maximum Gasteiger partial charge on any atom is 0.407 e. The standard InChI is InChI=1S/C19H20Cl2N2O5S/c20-16-7-6-13(10-17(16)21)15-12-23(19(24)25)8-9-28-18(15)11-22-29(26,27)14-4-2-1-3-5-14/h1-7,10,15,18,22H,8-9,11-12H2,(H,24,25). The van der Waals surface area contributed by atoms with Crippen molar-refractivity contribution in [3.63, 3.8) is 0 Å². The van der Waals surface area contributed by atoms with E-state index in [1.54, 1.807) is 36.4 Å². The number of hydrogen-bond donors (Lipinski definition) is 2. The largest absolute Gasteiger partial charge is 0.465 e. The van der Waals surface area contributed by atoms with Gasteiger partial charge >= 0.3 is 6.09 Å². The van der Waals surface area contributed by atoms with Crippen LogP contribution in [0.15, 0.2) is 53.4 Å². The average Bonchev–Trinajstić information content (AvgIpc) is 2.92. The van der Waals surface area contributed by atoms with Gasteiger partial charge in [0.15, 0.2) is 0 Å². The monoisotopic (exact) mass is 458 g/mol. The summed E-state index contributed by atoms with van der Waals surface area (Å²) in [5.74, 6) is -0.429. The molecule has 0 saturated carbocycles. The Hall–Kier alpha value is -1.84. The van der Waals surface area contributed by atoms with Crippen molar-refractivity contribution in [3.05, 3.63) is 64.1 Å². The number of carbonyl (C=O) groups is 1. The Bertz CT molecular complexity index is 972. The minimum absolute atomic E-state index is 0.0183. The maximum absolute atomic E-state index is 12.6. The van der Waals surface area contributed by atoms with Gasteiger partial charge in [0.05, 0.1) is 27.7 Å². The van der Waals surface area contributed by atoms with Crippen LogP contribution < -0.4 is 4.72 Å². The molecule has 2 unspecified atom stereocenters. The van der Waals surface area contributed by atoms with E-state index >= 15 is 0 Å². The molecule has 1 heterocycles. The summed E-state index contributed by atoms with van der Waals surface area (Å²) >= 11 is 12.1. The van der Waals surface area contributed by atoms with E-state index < -0.39 is 28.1 Å². The van der Waals surface area contributed by atoms with Gasteiger partial charge in [0, 0.05) is 25.6 Å². The molecule has 2 N–H and O–H groups in total. The molecular formula is C19H20Cl2N2O5S. The van der Waals surface area contributed by atoms with Crippen molar-refractivity contribution in [2.24, 2.45) is 0 Å². The fourth-order valence-electron chi connectivity index (χ4n) is 3.19. The van der Waals surface area contributed by atoms with Gasteiger partial charge in [-0.3, -0.25) is 0 Å². The van der Waals surface area contributed by atoms with Gasteiger partial charge in [-0.05, 0) is 29.8 Å². The molecule has 2 aromatic rings. The molecule has 1 aliphatic heterocycles. The number of hydrogen-bond acceptors (Lipinski definition) is 4. The molecule has 1 amide bonds. The zero-order valence-corrected chi connectivity index (χ0v) is 17.6. The van der Waals surface area contributed by atoms with Gasteiger partial charge in [0.1, 0.15) is 0 Å². The summed E-state index contributed by atoms with van der Waals surface area (Å²) in [6.45, 7) is 0.470. The van der Waals surface area contributed by atoms with Gasteiger partial charge in [-0.2, -0.15) is 0 Å². The Balaban J connectivity index is 1.85. The molecule has 3 rings (SSSR count). The Morgan fingerprint density at radius 2 is 1.90 bits per heavy atom. The van der Waals surface area contributed by atoms with Gasteiger partial charge in [-0.25, -0.2) is 17.9 Å². The lowest BCUT2D eigenvalue weighted by molar-refractivity contribution is 0.0547. The molecule has 1 saturated heterocycles. The van der Waals surface area contributed by atoms with Crippen LogP contribution in [0.2, 0.25) is 10.0 Å². The fourth-order valence-corrected chi connectivity index (χ4v) is 4.56. The molecule has 0 spiro atoms. The molecule has 156 valence electrons. The average molecular weight is 459 g/mol. The van der Waals surface area contributed by atoms with Gasteiger partial charge < -0.3 is 14.7 Å². The highest BCUT2D eigenvalue weighted by molar-refractivity contribution is 7.89. The molecule has 0 aromatic heterocycles. The minimum Gasteiger partial charge on any atom is -0.465 e. The number of nitrogens with one attached hydrogen (secondary N) is 1. The number of nitrogens with zero attached hydrogens (tertiary/aromatic N) is 1. The molecular weight excluding hydrogens is 439 g/mol. The van der Waals surface area contributed by atoms with Crippen molar-refractivity contribution < 1.29 is 23.1 Å². The fraction of sp³-hybridized carbons (Fsp3) is 0.316. The summed E-state index contributed by atoms with van der Waals surface area (Å²) < 4.78 is 33.5. The smallest absolute Gasteiger partial charge is 0.407 e. The van der Waals surface area contributed by atoms with E-state index in [1.807, 2.05) is 0 Å². The minimum atomic E-state index is -3.73. The maximum atomic E-state index is 12.6. The predicted molar refractivity (Wildman–Crippen MR) is 110 cm³/mol. The molecule has 0 aliphatic carbocycles. The lowest BCUT2D eigenvalue weighted by Gasteiger charge is -2.27. The van der Waals surface area contributed by atoms with Crippen LogP contribution in [0, 0.1) is 0 Å². The van der Waals surface area contributed by atoms with E-state index in [1.165, 1.54) is 17.0 Å². The van der Waals surface area contributed by atoms with Crippen LogP contribution in [0.4, 0.5) is 4.79 Å². The Labute approximate surface area is 179 Å². The SMILES string of the molecule is O=C(O)N1CCOC(CNS(=O)(=O)c2ccccc2)C(c2ccc(Cl)c(Cl)c2)C1. The summed E-state index contributed by atoms with van der Waals surface area (Å²) in [6.07, 6.45) is -1.65. The lowest BCUT2D eigenvalue weighted by Crippen LogP contribution is -2.39. The summed E-state index contributed by atoms with van der Waals surface area (Å²) in [4.78, 5) is 12.9. The third-order valence-electron chi connectivity index (χ3n) is 4.73. The highest BCUT2D eigenvalue weighted by atomic mass is 35.5. The first-order chi connectivity index (χ1) is 13.8. The summed E-state index contributed by atoms with van der Waals surface area (Å²) in [5, 5.41) is 10.1. The zero-order valence-electron chi connectivity index (χ0n) is 15.3. The number of amides is 1. The molecule has 1 fully saturated rings. The number of halogens is 2. The zero-order chi connectivity index (χ0) is 21.0. The molecule has 0 bridgehead atoms. The van der Waals surface area contributed by atoms with E-state index in [4.69, 9.17) is 27.9 Å². The highest BCUT2D eigenvalue weighted by Gasteiger charge is 2.32. The molecule has 7 nitrogen and oxygen atoms in total. The first-order valence-electron chi connectivity index (χ1n) is 8.87. The van der Waals surface area contributed by atoms with E-state index in [9.17, 15) is 18.3 Å². The van der Waals surface area contributed by atoms with E-state index in [0.29, 0.717) is 10.0 Å². The third-order valence-corrected chi connectivity index (χ3v) is 6.91. The second kappa shape index (κ2) is 9.32. The van der Waals surface area contributed by atoms with Gasteiger partial charge in [0.25, 0.3) is 0 Å². The van der Waals surface area contributed by atoms with Crippen LogP contribution in [-0.4, -0.2) is 56.9 Å². The van der Waals surface area contributed by atoms with Crippen molar-refractivity contribution in [3.8, 4) is 0 Å². The van der Waals surface area contributed by atoms with E-state index in [-0.39, 0.29) is 31.1 Å². The summed E-state index contributed by atoms with van der Waals surface area (Å²) in [7, 11) is -3.73. The van der Waals surface area contributed by atoms with Crippen molar-refractivity contribution in [1.82, 2.24) is 9.62 Å². The highest BCUT2D eigenvalue weighted by Crippen LogP contribution is 2.31. The van der Waals surface area contributed by atoms with Crippen LogP contribution >= 0.6 is 23.2 Å². The quantitative estimate of drug-likeness (QED) is 0.715. The van der Waals surface area contributed by atoms with Crippen molar-refractivity contribution in [2.75, 3.05) is 26.2 Å². The molecule has 2 atom stereocenters. The van der Waals surface area contributed by atoms with Crippen LogP contribution in [0.25, 0.3) is 0 Å². The van der Waals surface area contributed by atoms with E-state index in [2.05, 4.69) is 4.72 Å². The van der Waals surface area contributed by atoms with E-state index in [0.717, 1.165) is 5.56 Å². The normalized spacial score (nSPS) is 20.3. The predicted octanol–water partition coefficient (Wildman–Crippen LogP) is 3.43. The van der Waals surface area contributed by atoms with Gasteiger partial charge in [0.2, 0.25) is 10.0 Å². The lowest BCUT2D eigenvalue weighted by atomic mass is 9.93.